The van der Waals surface area contributed by atoms with Crippen LogP contribution in [0.25, 0.3) is 0 Å². The fourth-order valence-electron chi connectivity index (χ4n) is 1.01. The predicted octanol–water partition coefficient (Wildman–Crippen LogP) is -0.364. The molecule has 0 aromatic carbocycles. The summed E-state index contributed by atoms with van der Waals surface area (Å²) in [7, 11) is 1.30. The van der Waals surface area contributed by atoms with Crippen LogP contribution in [0.15, 0.2) is 6.33 Å². The minimum atomic E-state index is -0.515. The smallest absolute Gasteiger partial charge is 0.377 e. The van der Waals surface area contributed by atoms with E-state index >= 15 is 0 Å². The van der Waals surface area contributed by atoms with Crippen molar-refractivity contribution in [1.29, 1.82) is 0 Å². The molecule has 0 unspecified atom stereocenters. The molecule has 0 spiro atoms. The number of carbonyl (C=O) groups is 1. The first-order valence-corrected chi connectivity index (χ1v) is 3.88. The first-order valence-electron chi connectivity index (χ1n) is 3.88. The van der Waals surface area contributed by atoms with Crippen LogP contribution in [0.3, 0.4) is 0 Å². The van der Waals surface area contributed by atoms with Gasteiger partial charge in [-0.1, -0.05) is 0 Å². The molecule has 1 aromatic heterocycles. The molecule has 1 saturated heterocycles. The number of carbonyl (C=O) groups excluding carboxylic acids is 1. The van der Waals surface area contributed by atoms with Gasteiger partial charge in [0.25, 0.3) is 5.82 Å². The number of rotatable bonds is 2. The lowest BCUT2D eigenvalue weighted by Crippen LogP contribution is -2.31. The maximum atomic E-state index is 11.0. The first kappa shape index (κ1) is 8.18. The zero-order valence-electron chi connectivity index (χ0n) is 7.14. The Morgan fingerprint density at radius 2 is 2.54 bits per heavy atom. The molecule has 1 aliphatic rings. The highest BCUT2D eigenvalue weighted by Crippen LogP contribution is 2.14. The average Bonchev–Trinajstić information content (AvgIpc) is 2.49. The third-order valence-corrected chi connectivity index (χ3v) is 1.87. The predicted molar refractivity (Wildman–Crippen MR) is 41.2 cm³/mol. The SMILES string of the molecule is COC(=O)c1ncn(C2COC2)n1. The van der Waals surface area contributed by atoms with Crippen molar-refractivity contribution in [3.05, 3.63) is 12.2 Å². The van der Waals surface area contributed by atoms with Crippen molar-refractivity contribution in [3.8, 4) is 0 Å². The van der Waals surface area contributed by atoms with Gasteiger partial charge in [-0.15, -0.1) is 5.10 Å². The van der Waals surface area contributed by atoms with Crippen molar-refractivity contribution in [3.63, 3.8) is 0 Å². The Hall–Kier alpha value is -1.43. The van der Waals surface area contributed by atoms with Crippen LogP contribution in [-0.2, 0) is 9.47 Å². The van der Waals surface area contributed by atoms with Crippen LogP contribution in [0.4, 0.5) is 0 Å². The summed E-state index contributed by atoms with van der Waals surface area (Å²) in [6.07, 6.45) is 1.51. The van der Waals surface area contributed by atoms with E-state index < -0.39 is 5.97 Å². The van der Waals surface area contributed by atoms with Crippen molar-refractivity contribution in [2.75, 3.05) is 20.3 Å². The topological polar surface area (TPSA) is 66.2 Å². The van der Waals surface area contributed by atoms with Crippen LogP contribution in [0, 0.1) is 0 Å². The molecule has 0 N–H and O–H groups in total. The summed E-state index contributed by atoms with van der Waals surface area (Å²) in [4.78, 5) is 14.8. The molecule has 13 heavy (non-hydrogen) atoms. The van der Waals surface area contributed by atoms with E-state index in [1.165, 1.54) is 13.4 Å². The van der Waals surface area contributed by atoms with Crippen LogP contribution in [0.5, 0.6) is 0 Å². The molecule has 1 aromatic rings. The summed E-state index contributed by atoms with van der Waals surface area (Å²) in [5, 5.41) is 3.95. The monoisotopic (exact) mass is 183 g/mol. The Labute approximate surface area is 74.5 Å². The van der Waals surface area contributed by atoms with E-state index in [0.717, 1.165) is 0 Å². The fraction of sp³-hybridized carbons (Fsp3) is 0.571. The van der Waals surface area contributed by atoms with Gasteiger partial charge in [-0.25, -0.2) is 14.5 Å². The van der Waals surface area contributed by atoms with Crippen LogP contribution in [-0.4, -0.2) is 41.1 Å². The van der Waals surface area contributed by atoms with Crippen molar-refractivity contribution >= 4 is 5.97 Å². The molecule has 0 radical (unpaired) electrons. The normalized spacial score (nSPS) is 16.7. The molecule has 6 heteroatoms. The number of hydrogen-bond donors (Lipinski definition) is 0. The second kappa shape index (κ2) is 3.14. The maximum absolute atomic E-state index is 11.0. The third kappa shape index (κ3) is 1.40. The average molecular weight is 183 g/mol. The molecular formula is C7H9N3O3. The molecule has 0 bridgehead atoms. The molecule has 1 aliphatic heterocycles. The van der Waals surface area contributed by atoms with E-state index in [1.807, 2.05) is 0 Å². The Morgan fingerprint density at radius 3 is 3.08 bits per heavy atom. The van der Waals surface area contributed by atoms with E-state index in [1.54, 1.807) is 4.68 Å². The molecule has 0 amide bonds. The van der Waals surface area contributed by atoms with Gasteiger partial charge in [-0.2, -0.15) is 0 Å². The quantitative estimate of drug-likeness (QED) is 0.585. The summed E-state index contributed by atoms with van der Waals surface area (Å²) in [5.41, 5.74) is 0. The maximum Gasteiger partial charge on any atom is 0.377 e. The van der Waals surface area contributed by atoms with Crippen molar-refractivity contribution in [1.82, 2.24) is 14.8 Å². The summed E-state index contributed by atoms with van der Waals surface area (Å²) in [5.74, 6) is -0.423. The Kier molecular flexibility index (Phi) is 1.97. The highest BCUT2D eigenvalue weighted by Gasteiger charge is 2.23. The van der Waals surface area contributed by atoms with Gasteiger partial charge in [0.2, 0.25) is 0 Å². The zero-order valence-corrected chi connectivity index (χ0v) is 7.14. The molecule has 70 valence electrons. The van der Waals surface area contributed by atoms with Gasteiger partial charge in [0, 0.05) is 0 Å². The largest absolute Gasteiger partial charge is 0.463 e. The van der Waals surface area contributed by atoms with Crippen LogP contribution >= 0.6 is 0 Å². The molecule has 2 heterocycles. The fourth-order valence-corrected chi connectivity index (χ4v) is 1.01. The van der Waals surface area contributed by atoms with E-state index in [9.17, 15) is 4.79 Å². The minimum Gasteiger partial charge on any atom is -0.463 e. The standard InChI is InChI=1S/C7H9N3O3/c1-12-7(11)6-8-4-10(9-6)5-2-13-3-5/h4-5H,2-3H2,1H3. The molecule has 1 fully saturated rings. The highest BCUT2D eigenvalue weighted by atomic mass is 16.5. The Bertz CT molecular complexity index is 319. The molecule has 6 nitrogen and oxygen atoms in total. The van der Waals surface area contributed by atoms with Gasteiger partial charge in [-0.3, -0.25) is 0 Å². The molecule has 2 rings (SSSR count). The number of hydrogen-bond acceptors (Lipinski definition) is 5. The van der Waals surface area contributed by atoms with Crippen LogP contribution in [0.1, 0.15) is 16.7 Å². The van der Waals surface area contributed by atoms with Crippen LogP contribution < -0.4 is 0 Å². The number of aromatic nitrogens is 3. The van der Waals surface area contributed by atoms with Gasteiger partial charge >= 0.3 is 5.97 Å². The van der Waals surface area contributed by atoms with E-state index in [4.69, 9.17) is 4.74 Å². The Morgan fingerprint density at radius 1 is 1.77 bits per heavy atom. The molecule has 0 saturated carbocycles. The summed E-state index contributed by atoms with van der Waals surface area (Å²) < 4.78 is 11.1. The Balaban J connectivity index is 2.12. The lowest BCUT2D eigenvalue weighted by atomic mass is 10.3. The highest BCUT2D eigenvalue weighted by molar-refractivity contribution is 5.84. The lowest BCUT2D eigenvalue weighted by Gasteiger charge is -2.25. The number of ether oxygens (including phenoxy) is 2. The molecular weight excluding hydrogens is 174 g/mol. The van der Waals surface area contributed by atoms with Gasteiger partial charge in [-0.05, 0) is 0 Å². The van der Waals surface area contributed by atoms with E-state index in [0.29, 0.717) is 13.2 Å². The zero-order chi connectivity index (χ0) is 9.26. The number of esters is 1. The number of methoxy groups -OCH3 is 1. The van der Waals surface area contributed by atoms with E-state index in [-0.39, 0.29) is 11.9 Å². The second-order valence-corrected chi connectivity index (χ2v) is 2.73. The van der Waals surface area contributed by atoms with Gasteiger partial charge in [0.1, 0.15) is 12.4 Å². The third-order valence-electron chi connectivity index (χ3n) is 1.87. The summed E-state index contributed by atoms with van der Waals surface area (Å²) >= 11 is 0. The first-order chi connectivity index (χ1) is 6.31. The molecule has 0 aliphatic carbocycles. The molecule has 0 atom stereocenters. The van der Waals surface area contributed by atoms with Crippen molar-refractivity contribution < 1.29 is 14.3 Å². The number of nitrogens with zero attached hydrogens (tertiary/aromatic N) is 3. The van der Waals surface area contributed by atoms with E-state index in [2.05, 4.69) is 14.8 Å². The summed E-state index contributed by atoms with van der Waals surface area (Å²) in [6.45, 7) is 1.26. The van der Waals surface area contributed by atoms with Crippen molar-refractivity contribution in [2.45, 2.75) is 6.04 Å². The lowest BCUT2D eigenvalue weighted by molar-refractivity contribution is -0.0289. The minimum absolute atomic E-state index is 0.0920. The van der Waals surface area contributed by atoms with Gasteiger partial charge in [0.05, 0.1) is 20.3 Å². The summed E-state index contributed by atoms with van der Waals surface area (Å²) in [6, 6.07) is 0.214. The second-order valence-electron chi connectivity index (χ2n) is 2.73. The van der Waals surface area contributed by atoms with Gasteiger partial charge < -0.3 is 9.47 Å². The van der Waals surface area contributed by atoms with Crippen LogP contribution in [0.2, 0.25) is 0 Å². The van der Waals surface area contributed by atoms with Crippen molar-refractivity contribution in [2.24, 2.45) is 0 Å². The van der Waals surface area contributed by atoms with Gasteiger partial charge in [0.15, 0.2) is 0 Å².